The normalized spacial score (nSPS) is 14.1. The van der Waals surface area contributed by atoms with Crippen molar-refractivity contribution >= 4 is 17.2 Å². The Balaban J connectivity index is 1.43. The Kier molecular flexibility index (Phi) is 8.11. The number of ketones is 1. The summed E-state index contributed by atoms with van der Waals surface area (Å²) in [5.41, 5.74) is 0.910. The molecule has 0 amide bonds. The minimum absolute atomic E-state index is 0.0207. The number of hydrogen-bond acceptors (Lipinski definition) is 3. The molecule has 0 radical (unpaired) electrons. The third-order valence-electron chi connectivity index (χ3n) is 6.50. The van der Waals surface area contributed by atoms with Crippen molar-refractivity contribution < 1.29 is 22.7 Å². The second kappa shape index (κ2) is 11.4. The predicted molar refractivity (Wildman–Crippen MR) is 132 cm³/mol. The van der Waals surface area contributed by atoms with E-state index in [9.17, 15) is 18.0 Å². The van der Waals surface area contributed by atoms with E-state index >= 15 is 0 Å². The number of benzene rings is 3. The highest BCUT2D eigenvalue weighted by molar-refractivity contribution is 5.97. The molecule has 3 nitrogen and oxygen atoms in total. The molecule has 1 fully saturated rings. The summed E-state index contributed by atoms with van der Waals surface area (Å²) in [7, 11) is 0. The Hall–Kier alpha value is -3.28. The average molecular weight is 482 g/mol. The van der Waals surface area contributed by atoms with Gasteiger partial charge in [0.15, 0.2) is 5.78 Å². The molecule has 3 aromatic carbocycles. The number of Topliss-reactive ketones (excluding diaryl/α,β-unsaturated/α-hetero) is 1. The SMILES string of the molecule is O=C(CCCC1CCCC1)c1cccc(Nc2ccc(OCc3ccccc3)cc2C(F)(F)F)c1. The van der Waals surface area contributed by atoms with Crippen molar-refractivity contribution in [3.05, 3.63) is 89.5 Å². The first kappa shape index (κ1) is 24.8. The molecule has 0 atom stereocenters. The van der Waals surface area contributed by atoms with Crippen molar-refractivity contribution in [3.8, 4) is 5.75 Å². The van der Waals surface area contributed by atoms with Crippen LogP contribution in [0.4, 0.5) is 24.5 Å². The van der Waals surface area contributed by atoms with Gasteiger partial charge < -0.3 is 10.1 Å². The van der Waals surface area contributed by atoms with Gasteiger partial charge in [0.1, 0.15) is 12.4 Å². The van der Waals surface area contributed by atoms with Crippen molar-refractivity contribution in [1.82, 2.24) is 0 Å². The molecule has 4 rings (SSSR count). The second-order valence-corrected chi connectivity index (χ2v) is 9.15. The fourth-order valence-corrected chi connectivity index (χ4v) is 4.62. The molecule has 0 aromatic heterocycles. The number of carbonyl (C=O) groups is 1. The quantitative estimate of drug-likeness (QED) is 0.295. The summed E-state index contributed by atoms with van der Waals surface area (Å²) in [6.45, 7) is 0.176. The zero-order valence-corrected chi connectivity index (χ0v) is 19.6. The van der Waals surface area contributed by atoms with Crippen LogP contribution in [0.2, 0.25) is 0 Å². The van der Waals surface area contributed by atoms with Gasteiger partial charge in [-0.05, 0) is 48.2 Å². The third kappa shape index (κ3) is 7.10. The molecule has 35 heavy (non-hydrogen) atoms. The Bertz CT molecular complexity index is 1120. The number of halogens is 3. The third-order valence-corrected chi connectivity index (χ3v) is 6.50. The summed E-state index contributed by atoms with van der Waals surface area (Å²) >= 11 is 0. The van der Waals surface area contributed by atoms with Gasteiger partial charge in [-0.15, -0.1) is 0 Å². The summed E-state index contributed by atoms with van der Waals surface area (Å²) in [4.78, 5) is 12.7. The molecule has 0 unspecified atom stereocenters. The Morgan fingerprint density at radius 3 is 2.46 bits per heavy atom. The lowest BCUT2D eigenvalue weighted by Crippen LogP contribution is -2.10. The number of carbonyl (C=O) groups excluding carboxylic acids is 1. The first-order valence-corrected chi connectivity index (χ1v) is 12.2. The minimum atomic E-state index is -4.57. The summed E-state index contributed by atoms with van der Waals surface area (Å²) in [5.74, 6) is 0.890. The predicted octanol–water partition coefficient (Wildman–Crippen LogP) is 8.57. The summed E-state index contributed by atoms with van der Waals surface area (Å²) < 4.78 is 47.0. The molecule has 1 aliphatic rings. The van der Waals surface area contributed by atoms with Crippen LogP contribution in [-0.2, 0) is 12.8 Å². The summed E-state index contributed by atoms with van der Waals surface area (Å²) in [6, 6.07) is 19.8. The smallest absolute Gasteiger partial charge is 0.418 e. The summed E-state index contributed by atoms with van der Waals surface area (Å²) in [5, 5.41) is 2.85. The minimum Gasteiger partial charge on any atom is -0.489 e. The molecule has 0 saturated heterocycles. The van der Waals surface area contributed by atoms with Crippen molar-refractivity contribution in [3.63, 3.8) is 0 Å². The topological polar surface area (TPSA) is 38.3 Å². The second-order valence-electron chi connectivity index (χ2n) is 9.15. The molecule has 0 bridgehead atoms. The zero-order chi connectivity index (χ0) is 24.7. The molecule has 1 saturated carbocycles. The molecule has 3 aromatic rings. The van der Waals surface area contributed by atoms with Gasteiger partial charge in [0.2, 0.25) is 0 Å². The maximum Gasteiger partial charge on any atom is 0.418 e. The highest BCUT2D eigenvalue weighted by atomic mass is 19.4. The number of hydrogen-bond donors (Lipinski definition) is 1. The van der Waals surface area contributed by atoms with E-state index in [1.54, 1.807) is 24.3 Å². The average Bonchev–Trinajstić information content (AvgIpc) is 3.37. The van der Waals surface area contributed by atoms with E-state index in [2.05, 4.69) is 5.32 Å². The molecule has 1 N–H and O–H groups in total. The van der Waals surface area contributed by atoms with Crippen molar-refractivity contribution in [2.45, 2.75) is 57.7 Å². The molecular formula is C29H30F3NO2. The number of ether oxygens (including phenoxy) is 1. The number of rotatable bonds is 10. The van der Waals surface area contributed by atoms with Crippen LogP contribution in [0, 0.1) is 5.92 Å². The maximum atomic E-state index is 13.8. The monoisotopic (exact) mass is 481 g/mol. The molecule has 6 heteroatoms. The molecule has 1 aliphatic carbocycles. The highest BCUT2D eigenvalue weighted by Gasteiger charge is 2.34. The first-order chi connectivity index (χ1) is 16.9. The van der Waals surface area contributed by atoms with E-state index in [0.29, 0.717) is 17.7 Å². The number of alkyl halides is 3. The van der Waals surface area contributed by atoms with Gasteiger partial charge >= 0.3 is 6.18 Å². The standard InChI is InChI=1S/C29H30F3NO2/c30-29(31,32)26-19-25(35-20-22-10-2-1-3-11-22)16-17-27(26)33-24-14-7-13-23(18-24)28(34)15-6-12-21-8-4-5-9-21/h1-3,7,10-11,13-14,16-19,21,33H,4-6,8-9,12,15,20H2. The van der Waals surface area contributed by atoms with Gasteiger partial charge in [-0.3, -0.25) is 4.79 Å². The lowest BCUT2D eigenvalue weighted by atomic mass is 9.97. The van der Waals surface area contributed by atoms with E-state index in [1.807, 2.05) is 30.3 Å². The Morgan fingerprint density at radius 2 is 1.71 bits per heavy atom. The van der Waals surface area contributed by atoms with Crippen LogP contribution in [0.5, 0.6) is 5.75 Å². The fourth-order valence-electron chi connectivity index (χ4n) is 4.62. The Morgan fingerprint density at radius 1 is 0.943 bits per heavy atom. The first-order valence-electron chi connectivity index (χ1n) is 12.2. The van der Waals surface area contributed by atoms with Gasteiger partial charge in [0.05, 0.1) is 11.3 Å². The molecule has 184 valence electrons. The van der Waals surface area contributed by atoms with E-state index in [4.69, 9.17) is 4.74 Å². The van der Waals surface area contributed by atoms with Crippen LogP contribution in [0.15, 0.2) is 72.8 Å². The summed E-state index contributed by atoms with van der Waals surface area (Å²) in [6.07, 6.45) is 2.89. The van der Waals surface area contributed by atoms with Crippen LogP contribution in [0.3, 0.4) is 0 Å². The van der Waals surface area contributed by atoms with E-state index in [1.165, 1.54) is 37.8 Å². The zero-order valence-electron chi connectivity index (χ0n) is 19.6. The van der Waals surface area contributed by atoms with Gasteiger partial charge in [0, 0.05) is 17.7 Å². The molecule has 0 spiro atoms. The molecular weight excluding hydrogens is 451 g/mol. The largest absolute Gasteiger partial charge is 0.489 e. The van der Waals surface area contributed by atoms with E-state index in [0.717, 1.165) is 30.4 Å². The number of anilines is 2. The number of nitrogens with one attached hydrogen (secondary N) is 1. The lowest BCUT2D eigenvalue weighted by molar-refractivity contribution is -0.137. The van der Waals surface area contributed by atoms with Crippen LogP contribution in [0.25, 0.3) is 0 Å². The van der Waals surface area contributed by atoms with Crippen LogP contribution in [0.1, 0.15) is 66.4 Å². The fraction of sp³-hybridized carbons (Fsp3) is 0.345. The lowest BCUT2D eigenvalue weighted by Gasteiger charge is -2.17. The highest BCUT2D eigenvalue weighted by Crippen LogP contribution is 2.38. The van der Waals surface area contributed by atoms with Crippen LogP contribution >= 0.6 is 0 Å². The van der Waals surface area contributed by atoms with Crippen molar-refractivity contribution in [1.29, 1.82) is 0 Å². The van der Waals surface area contributed by atoms with Gasteiger partial charge in [0.25, 0.3) is 0 Å². The van der Waals surface area contributed by atoms with Gasteiger partial charge in [-0.2, -0.15) is 13.2 Å². The van der Waals surface area contributed by atoms with Crippen LogP contribution in [-0.4, -0.2) is 5.78 Å². The van der Waals surface area contributed by atoms with Crippen molar-refractivity contribution in [2.75, 3.05) is 5.32 Å². The Labute approximate surface area is 204 Å². The van der Waals surface area contributed by atoms with E-state index < -0.39 is 11.7 Å². The van der Waals surface area contributed by atoms with Crippen LogP contribution < -0.4 is 10.1 Å². The maximum absolute atomic E-state index is 13.8. The molecule has 0 aliphatic heterocycles. The van der Waals surface area contributed by atoms with Gasteiger partial charge in [-0.1, -0.05) is 74.6 Å². The molecule has 0 heterocycles. The van der Waals surface area contributed by atoms with E-state index in [-0.39, 0.29) is 23.8 Å². The van der Waals surface area contributed by atoms with Crippen molar-refractivity contribution in [2.24, 2.45) is 5.92 Å². The van der Waals surface area contributed by atoms with Gasteiger partial charge in [-0.25, -0.2) is 0 Å².